The average molecular weight is 1290 g/mol. The molecule has 1 rings (SSSR count). The molecule has 13 amide bonds. The maximum absolute atomic E-state index is 14.3. The van der Waals surface area contributed by atoms with Gasteiger partial charge in [-0.1, -0.05) is 98.6 Å². The summed E-state index contributed by atoms with van der Waals surface area (Å²) < 4.78 is 0. The number of hydrogen-bond donors (Lipinski definition) is 17. The number of carbonyl (C=O) groups is 14. The summed E-state index contributed by atoms with van der Waals surface area (Å²) in [5, 5.41) is 34.9. The van der Waals surface area contributed by atoms with E-state index in [2.05, 4.69) is 53.2 Å². The fraction of sp³-hybridized carbons (Fsp3) is 0.667. The first-order valence-electron chi connectivity index (χ1n) is 31.1. The SMILES string of the molecule is CC[C@H](C)[C@H](N)C(=O)N[C@@H](CCCCN)C(=O)N[C@@H](CC(N)=O)C(=O)N[C@@H](CC(N)=O)C(=O)N[C@@H](CC(C)C)C(=O)N[C@@H](CCCCN)C(=O)N[C@@H](CCC(N)=O)C(=O)N[C@H](C(=O)NCC(=O)N[C@@H](CC(C)C)C(=O)N[C@@H](Cc1ccccc1)C(=O)O)[C@@H](C)CC. The van der Waals surface area contributed by atoms with Crippen LogP contribution in [0.2, 0.25) is 0 Å². The molecule has 1 aromatic carbocycles. The third-order valence-corrected chi connectivity index (χ3v) is 14.9. The highest BCUT2D eigenvalue weighted by Gasteiger charge is 2.37. The van der Waals surface area contributed by atoms with Crippen LogP contribution >= 0.6 is 0 Å². The maximum atomic E-state index is 14.3. The van der Waals surface area contributed by atoms with Gasteiger partial charge in [0.05, 0.1) is 25.4 Å². The molecule has 0 aromatic heterocycles. The zero-order valence-electron chi connectivity index (χ0n) is 53.8. The van der Waals surface area contributed by atoms with Gasteiger partial charge >= 0.3 is 5.97 Å². The number of nitrogens with one attached hydrogen (secondary N) is 10. The Hall–Kier alpha value is -8.32. The summed E-state index contributed by atoms with van der Waals surface area (Å²) in [7, 11) is 0. The normalized spacial score (nSPS) is 15.1. The summed E-state index contributed by atoms with van der Waals surface area (Å²) in [6, 6.07) is -5.70. The predicted octanol–water partition coefficient (Wildman–Crippen LogP) is -3.42. The number of carboxylic acid groups (broad SMARTS) is 1. The molecule has 0 aliphatic heterocycles. The van der Waals surface area contributed by atoms with Gasteiger partial charge in [0.1, 0.15) is 54.4 Å². The quantitative estimate of drug-likeness (QED) is 0.0283. The van der Waals surface area contributed by atoms with Crippen LogP contribution in [0.15, 0.2) is 30.3 Å². The molecule has 0 aliphatic carbocycles. The van der Waals surface area contributed by atoms with E-state index in [9.17, 15) is 72.2 Å². The second kappa shape index (κ2) is 42.6. The van der Waals surface area contributed by atoms with Crippen molar-refractivity contribution in [3.8, 4) is 0 Å². The third kappa shape index (κ3) is 31.8. The van der Waals surface area contributed by atoms with Gasteiger partial charge in [0.25, 0.3) is 0 Å². The molecule has 12 atom stereocenters. The second-order valence-corrected chi connectivity index (χ2v) is 23.8. The lowest BCUT2D eigenvalue weighted by atomic mass is 9.97. The molecule has 31 heteroatoms. The minimum absolute atomic E-state index is 0.0353. The lowest BCUT2D eigenvalue weighted by Crippen LogP contribution is -2.61. The minimum atomic E-state index is -1.84. The van der Waals surface area contributed by atoms with E-state index in [0.29, 0.717) is 37.7 Å². The standard InChI is InChI=1S/C60H102N16O15/c1-9-34(7)49(66)58(88)71-38(21-15-17-25-62)52(82)73-42(29-46(64)78)57(87)74-43(30-47(65)79)56(86)72-41(27-33(5)6)55(85)69-37(20-14-16-24-61)51(81)70-39(22-23-45(63)77)53(83)76-50(35(8)10-2)59(89)67-31-48(80)68-40(26-32(3)4)54(84)75-44(60(90)91)28-36-18-12-11-13-19-36/h11-13,18-19,32-35,37-44,49-50H,9-10,14-17,20-31,61-62,66H2,1-8H3,(H2,63,77)(H2,64,78)(H2,65,79)(H,67,89)(H,68,80)(H,69,85)(H,70,81)(H,71,88)(H,72,86)(H,73,82)(H,74,87)(H,75,84)(H,76,83)(H,90,91)/t34-,35-,37-,38-,39-,40-,41-,42-,43-,44-,49-,50-/m0/s1. The van der Waals surface area contributed by atoms with Gasteiger partial charge in [0, 0.05) is 12.8 Å². The fourth-order valence-corrected chi connectivity index (χ4v) is 9.25. The first-order chi connectivity index (χ1) is 42.8. The largest absolute Gasteiger partial charge is 0.480 e. The van der Waals surface area contributed by atoms with E-state index in [1.54, 1.807) is 78.8 Å². The number of primary amides is 3. The first-order valence-corrected chi connectivity index (χ1v) is 31.1. The zero-order chi connectivity index (χ0) is 69.1. The van der Waals surface area contributed by atoms with E-state index in [4.69, 9.17) is 34.4 Å². The summed E-state index contributed by atoms with van der Waals surface area (Å²) in [6.07, 6.45) is -0.355. The fourth-order valence-electron chi connectivity index (χ4n) is 9.25. The van der Waals surface area contributed by atoms with Gasteiger partial charge in [0.2, 0.25) is 76.8 Å². The van der Waals surface area contributed by atoms with Gasteiger partial charge in [0.15, 0.2) is 0 Å². The Kier molecular flexibility index (Phi) is 37.8. The number of carbonyl (C=O) groups excluding carboxylic acids is 13. The third-order valence-electron chi connectivity index (χ3n) is 14.9. The molecular weight excluding hydrogens is 1180 g/mol. The van der Waals surface area contributed by atoms with Crippen molar-refractivity contribution in [3.63, 3.8) is 0 Å². The van der Waals surface area contributed by atoms with Gasteiger partial charge in [-0.3, -0.25) is 62.3 Å². The predicted molar refractivity (Wildman–Crippen MR) is 336 cm³/mol. The Morgan fingerprint density at radius 1 is 0.440 bits per heavy atom. The summed E-state index contributed by atoms with van der Waals surface area (Å²) in [6.45, 7) is 13.6. The zero-order valence-corrected chi connectivity index (χ0v) is 53.8. The highest BCUT2D eigenvalue weighted by atomic mass is 16.4. The summed E-state index contributed by atoms with van der Waals surface area (Å²) in [5.41, 5.74) is 34.6. The van der Waals surface area contributed by atoms with Crippen molar-refractivity contribution in [2.45, 2.75) is 212 Å². The summed E-state index contributed by atoms with van der Waals surface area (Å²) in [4.78, 5) is 187. The van der Waals surface area contributed by atoms with Gasteiger partial charge < -0.3 is 92.7 Å². The van der Waals surface area contributed by atoms with Crippen LogP contribution in [0.3, 0.4) is 0 Å². The van der Waals surface area contributed by atoms with Crippen LogP contribution < -0.4 is 87.6 Å². The molecule has 0 fully saturated rings. The lowest BCUT2D eigenvalue weighted by molar-refractivity contribution is -0.142. The van der Waals surface area contributed by atoms with Crippen molar-refractivity contribution in [2.24, 2.45) is 58.1 Å². The maximum Gasteiger partial charge on any atom is 0.326 e. The van der Waals surface area contributed by atoms with Crippen LogP contribution in [-0.4, -0.2) is 168 Å². The second-order valence-electron chi connectivity index (χ2n) is 23.8. The number of carboxylic acids is 1. The van der Waals surface area contributed by atoms with Gasteiger partial charge in [-0.2, -0.15) is 0 Å². The molecule has 512 valence electrons. The highest BCUT2D eigenvalue weighted by Crippen LogP contribution is 2.15. The van der Waals surface area contributed by atoms with Gasteiger partial charge in [-0.25, -0.2) is 4.79 Å². The van der Waals surface area contributed by atoms with E-state index in [1.165, 1.54) is 0 Å². The van der Waals surface area contributed by atoms with E-state index in [1.807, 2.05) is 6.92 Å². The van der Waals surface area contributed by atoms with Crippen LogP contribution in [-0.2, 0) is 73.5 Å². The number of aliphatic carboxylic acids is 1. The summed E-state index contributed by atoms with van der Waals surface area (Å²) in [5.74, 6) is -14.9. The molecular formula is C60H102N16O15. The monoisotopic (exact) mass is 1290 g/mol. The molecule has 0 bridgehead atoms. The number of unbranched alkanes of at least 4 members (excludes halogenated alkanes) is 2. The molecule has 1 aromatic rings. The van der Waals surface area contributed by atoms with E-state index >= 15 is 0 Å². The van der Waals surface area contributed by atoms with Crippen LogP contribution in [0.25, 0.3) is 0 Å². The van der Waals surface area contributed by atoms with E-state index in [0.717, 1.165) is 0 Å². The van der Waals surface area contributed by atoms with E-state index < -0.39 is 181 Å². The number of nitrogens with two attached hydrogens (primary N) is 6. The summed E-state index contributed by atoms with van der Waals surface area (Å²) >= 11 is 0. The van der Waals surface area contributed by atoms with Crippen molar-refractivity contribution < 1.29 is 72.2 Å². The highest BCUT2D eigenvalue weighted by molar-refractivity contribution is 6.00. The number of amides is 13. The molecule has 0 saturated heterocycles. The molecule has 23 N–H and O–H groups in total. The van der Waals surface area contributed by atoms with Crippen molar-refractivity contribution in [1.29, 1.82) is 0 Å². The van der Waals surface area contributed by atoms with E-state index in [-0.39, 0.29) is 69.4 Å². The van der Waals surface area contributed by atoms with Crippen LogP contribution in [0.1, 0.15) is 151 Å². The average Bonchev–Trinajstić information content (AvgIpc) is 2.11. The Bertz CT molecular complexity index is 2590. The Balaban J connectivity index is 3.49. The van der Waals surface area contributed by atoms with Crippen molar-refractivity contribution in [1.82, 2.24) is 53.2 Å². The van der Waals surface area contributed by atoms with Crippen LogP contribution in [0.4, 0.5) is 0 Å². The Morgan fingerprint density at radius 3 is 1.24 bits per heavy atom. The molecule has 0 aliphatic rings. The van der Waals surface area contributed by atoms with Crippen LogP contribution in [0.5, 0.6) is 0 Å². The topological polar surface area (TPSA) is 536 Å². The van der Waals surface area contributed by atoms with Crippen molar-refractivity contribution in [3.05, 3.63) is 35.9 Å². The molecule has 0 spiro atoms. The van der Waals surface area contributed by atoms with Gasteiger partial charge in [-0.05, 0) is 100 Å². The lowest BCUT2D eigenvalue weighted by Gasteiger charge is -2.29. The van der Waals surface area contributed by atoms with Crippen molar-refractivity contribution >= 4 is 82.8 Å². The number of benzene rings is 1. The smallest absolute Gasteiger partial charge is 0.326 e. The molecule has 31 nitrogen and oxygen atoms in total. The molecule has 0 heterocycles. The molecule has 91 heavy (non-hydrogen) atoms. The Morgan fingerprint density at radius 2 is 0.824 bits per heavy atom. The number of rotatable bonds is 46. The first kappa shape index (κ1) is 80.7. The molecule has 0 radical (unpaired) electrons. The van der Waals surface area contributed by atoms with Gasteiger partial charge in [-0.15, -0.1) is 0 Å². The Labute approximate surface area is 532 Å². The molecule has 0 saturated carbocycles. The number of hydrogen-bond acceptors (Lipinski definition) is 17. The van der Waals surface area contributed by atoms with Crippen molar-refractivity contribution in [2.75, 3.05) is 19.6 Å². The van der Waals surface area contributed by atoms with Crippen LogP contribution in [0, 0.1) is 23.7 Å². The minimum Gasteiger partial charge on any atom is -0.480 e. The molecule has 0 unspecified atom stereocenters.